The van der Waals surface area contributed by atoms with Gasteiger partial charge < -0.3 is 20.3 Å². The minimum absolute atomic E-state index is 0.146. The summed E-state index contributed by atoms with van der Waals surface area (Å²) in [5, 5.41) is 21.3. The van der Waals surface area contributed by atoms with Crippen LogP contribution in [0.1, 0.15) is 39.0 Å². The molecule has 0 aromatic carbocycles. The zero-order valence-corrected chi connectivity index (χ0v) is 12.1. The van der Waals surface area contributed by atoms with Crippen LogP contribution in [0, 0.1) is 5.92 Å². The second kappa shape index (κ2) is 9.60. The Morgan fingerprint density at radius 1 is 1.20 bits per heavy atom. The molecule has 0 aliphatic heterocycles. The van der Waals surface area contributed by atoms with Crippen LogP contribution in [0.25, 0.3) is 0 Å². The summed E-state index contributed by atoms with van der Waals surface area (Å²) in [7, 11) is 0. The fourth-order valence-electron chi connectivity index (χ4n) is 2.64. The normalized spacial score (nSPS) is 26.7. The zero-order valence-electron chi connectivity index (χ0n) is 12.1. The van der Waals surface area contributed by atoms with Crippen molar-refractivity contribution in [2.45, 2.75) is 63.8 Å². The lowest BCUT2D eigenvalue weighted by atomic mass is 9.85. The highest BCUT2D eigenvalue weighted by atomic mass is 19.3. The van der Waals surface area contributed by atoms with Crippen LogP contribution in [0.2, 0.25) is 0 Å². The molecule has 0 spiro atoms. The van der Waals surface area contributed by atoms with Crippen LogP contribution in [-0.4, -0.2) is 54.6 Å². The first-order valence-electron chi connectivity index (χ1n) is 7.51. The number of aliphatic hydroxyl groups is 2. The van der Waals surface area contributed by atoms with Crippen molar-refractivity contribution in [3.05, 3.63) is 0 Å². The Morgan fingerprint density at radius 3 is 2.55 bits per heavy atom. The quantitative estimate of drug-likeness (QED) is 0.604. The molecule has 1 rings (SSSR count). The molecule has 6 heteroatoms. The van der Waals surface area contributed by atoms with E-state index in [1.54, 1.807) is 0 Å². The molecule has 0 radical (unpaired) electrons. The number of nitrogens with one attached hydrogen (secondary N) is 1. The van der Waals surface area contributed by atoms with Crippen molar-refractivity contribution in [3.63, 3.8) is 0 Å². The Labute approximate surface area is 119 Å². The second-order valence-electron chi connectivity index (χ2n) is 5.54. The molecule has 120 valence electrons. The molecule has 0 heterocycles. The van der Waals surface area contributed by atoms with Gasteiger partial charge in [0.15, 0.2) is 0 Å². The van der Waals surface area contributed by atoms with Gasteiger partial charge in [0.25, 0.3) is 6.43 Å². The van der Waals surface area contributed by atoms with Crippen molar-refractivity contribution in [2.24, 2.45) is 5.92 Å². The molecular formula is C14H27F2NO3. The van der Waals surface area contributed by atoms with Crippen LogP contribution in [0.3, 0.4) is 0 Å². The molecule has 3 N–H and O–H groups in total. The first-order chi connectivity index (χ1) is 9.54. The topological polar surface area (TPSA) is 61.7 Å². The number of hydrogen-bond donors (Lipinski definition) is 3. The number of rotatable bonds is 9. The van der Waals surface area contributed by atoms with Gasteiger partial charge in [0.2, 0.25) is 0 Å². The van der Waals surface area contributed by atoms with E-state index >= 15 is 0 Å². The SMILES string of the molecule is CCC1CCCCC1OCC(O)CNCC(O)C(F)F. The summed E-state index contributed by atoms with van der Waals surface area (Å²) in [4.78, 5) is 0. The lowest BCUT2D eigenvalue weighted by Crippen LogP contribution is -2.39. The third-order valence-corrected chi connectivity index (χ3v) is 3.89. The average Bonchev–Trinajstić information content (AvgIpc) is 2.45. The Kier molecular flexibility index (Phi) is 8.52. The van der Waals surface area contributed by atoms with E-state index in [1.807, 2.05) is 0 Å². The van der Waals surface area contributed by atoms with E-state index in [4.69, 9.17) is 9.84 Å². The first kappa shape index (κ1) is 17.8. The minimum Gasteiger partial charge on any atom is -0.389 e. The summed E-state index contributed by atoms with van der Waals surface area (Å²) in [6, 6.07) is 0. The molecule has 4 unspecified atom stereocenters. The summed E-state index contributed by atoms with van der Waals surface area (Å²) in [5.74, 6) is 0.560. The lowest BCUT2D eigenvalue weighted by molar-refractivity contribution is -0.0515. The van der Waals surface area contributed by atoms with Crippen molar-refractivity contribution in [1.82, 2.24) is 5.32 Å². The minimum atomic E-state index is -2.76. The molecule has 20 heavy (non-hydrogen) atoms. The van der Waals surface area contributed by atoms with E-state index in [9.17, 15) is 13.9 Å². The highest BCUT2D eigenvalue weighted by Gasteiger charge is 2.25. The number of hydrogen-bond acceptors (Lipinski definition) is 4. The summed E-state index contributed by atoms with van der Waals surface area (Å²) < 4.78 is 29.8. The fraction of sp³-hybridized carbons (Fsp3) is 1.00. The van der Waals surface area contributed by atoms with Gasteiger partial charge in [-0.05, 0) is 18.8 Å². The van der Waals surface area contributed by atoms with Crippen molar-refractivity contribution in [3.8, 4) is 0 Å². The van der Waals surface area contributed by atoms with E-state index in [0.717, 1.165) is 19.3 Å². The number of alkyl halides is 2. The van der Waals surface area contributed by atoms with Gasteiger partial charge in [0, 0.05) is 13.1 Å². The molecule has 4 atom stereocenters. The van der Waals surface area contributed by atoms with E-state index in [2.05, 4.69) is 12.2 Å². The van der Waals surface area contributed by atoms with E-state index in [1.165, 1.54) is 12.8 Å². The lowest BCUT2D eigenvalue weighted by Gasteiger charge is -2.31. The summed E-state index contributed by atoms with van der Waals surface area (Å²) in [6.45, 7) is 2.28. The summed E-state index contributed by atoms with van der Waals surface area (Å²) in [6.07, 6.45) is 0.714. The molecule has 1 fully saturated rings. The maximum absolute atomic E-state index is 12.0. The van der Waals surface area contributed by atoms with Crippen LogP contribution in [-0.2, 0) is 4.74 Å². The molecule has 1 aliphatic carbocycles. The van der Waals surface area contributed by atoms with E-state index in [0.29, 0.717) is 5.92 Å². The monoisotopic (exact) mass is 295 g/mol. The van der Waals surface area contributed by atoms with Crippen molar-refractivity contribution in [2.75, 3.05) is 19.7 Å². The average molecular weight is 295 g/mol. The zero-order chi connectivity index (χ0) is 15.0. The fourth-order valence-corrected chi connectivity index (χ4v) is 2.64. The largest absolute Gasteiger partial charge is 0.389 e. The third kappa shape index (κ3) is 6.43. The van der Waals surface area contributed by atoms with Gasteiger partial charge in [-0.2, -0.15) is 0 Å². The smallest absolute Gasteiger partial charge is 0.265 e. The van der Waals surface area contributed by atoms with Gasteiger partial charge in [-0.25, -0.2) is 8.78 Å². The molecule has 0 aromatic heterocycles. The van der Waals surface area contributed by atoms with Crippen LogP contribution < -0.4 is 5.32 Å². The van der Waals surface area contributed by atoms with Gasteiger partial charge in [-0.1, -0.05) is 26.2 Å². The van der Waals surface area contributed by atoms with E-state index in [-0.39, 0.29) is 25.8 Å². The van der Waals surface area contributed by atoms with Crippen molar-refractivity contribution in [1.29, 1.82) is 0 Å². The molecule has 1 saturated carbocycles. The van der Waals surface area contributed by atoms with Crippen molar-refractivity contribution < 1.29 is 23.7 Å². The molecule has 0 saturated heterocycles. The van der Waals surface area contributed by atoms with Gasteiger partial charge in [0.05, 0.1) is 18.8 Å². The van der Waals surface area contributed by atoms with Gasteiger partial charge >= 0.3 is 0 Å². The molecule has 1 aliphatic rings. The summed E-state index contributed by atoms with van der Waals surface area (Å²) in [5.41, 5.74) is 0. The van der Waals surface area contributed by atoms with E-state index < -0.39 is 18.6 Å². The van der Waals surface area contributed by atoms with Crippen LogP contribution >= 0.6 is 0 Å². The Bertz CT molecular complexity index is 257. The van der Waals surface area contributed by atoms with Crippen LogP contribution in [0.15, 0.2) is 0 Å². The Hall–Kier alpha value is -0.300. The molecule has 4 nitrogen and oxygen atoms in total. The van der Waals surface area contributed by atoms with Crippen molar-refractivity contribution >= 4 is 0 Å². The van der Waals surface area contributed by atoms with Crippen LogP contribution in [0.4, 0.5) is 8.78 Å². The number of aliphatic hydroxyl groups excluding tert-OH is 2. The Balaban J connectivity index is 2.14. The number of ether oxygens (including phenoxy) is 1. The molecular weight excluding hydrogens is 268 g/mol. The molecule has 0 bridgehead atoms. The van der Waals surface area contributed by atoms with Gasteiger partial charge in [-0.3, -0.25) is 0 Å². The standard InChI is InChI=1S/C14H27F2NO3/c1-2-10-5-3-4-6-13(10)20-9-11(18)7-17-8-12(19)14(15)16/h10-14,17-19H,2-9H2,1H3. The highest BCUT2D eigenvalue weighted by molar-refractivity contribution is 4.75. The maximum atomic E-state index is 12.0. The van der Waals surface area contributed by atoms with Gasteiger partial charge in [0.1, 0.15) is 6.10 Å². The highest BCUT2D eigenvalue weighted by Crippen LogP contribution is 2.29. The Morgan fingerprint density at radius 2 is 1.90 bits per heavy atom. The second-order valence-corrected chi connectivity index (χ2v) is 5.54. The molecule has 0 aromatic rings. The maximum Gasteiger partial charge on any atom is 0.265 e. The third-order valence-electron chi connectivity index (χ3n) is 3.89. The van der Waals surface area contributed by atoms with Crippen LogP contribution in [0.5, 0.6) is 0 Å². The predicted molar refractivity (Wildman–Crippen MR) is 72.9 cm³/mol. The predicted octanol–water partition coefficient (Wildman–Crippen LogP) is 1.55. The molecule has 0 amide bonds. The first-order valence-corrected chi connectivity index (χ1v) is 7.51. The summed E-state index contributed by atoms with van der Waals surface area (Å²) >= 11 is 0. The van der Waals surface area contributed by atoms with Gasteiger partial charge in [-0.15, -0.1) is 0 Å². The number of halogens is 2.